The fourth-order valence-electron chi connectivity index (χ4n) is 3.72. The minimum absolute atomic E-state index is 0.0263. The van der Waals surface area contributed by atoms with Gasteiger partial charge in [0.1, 0.15) is 0 Å². The molecule has 0 aliphatic carbocycles. The Balaban J connectivity index is 1.40. The van der Waals surface area contributed by atoms with Crippen LogP contribution in [0.5, 0.6) is 0 Å². The highest BCUT2D eigenvalue weighted by Gasteiger charge is 2.29. The summed E-state index contributed by atoms with van der Waals surface area (Å²) in [5.74, 6) is 0.159. The monoisotopic (exact) mass is 419 g/mol. The van der Waals surface area contributed by atoms with E-state index < -0.39 is 10.0 Å². The Kier molecular flexibility index (Phi) is 5.21. The van der Waals surface area contributed by atoms with Crippen molar-refractivity contribution in [2.75, 3.05) is 47.7 Å². The fourth-order valence-corrected chi connectivity index (χ4v) is 5.47. The summed E-state index contributed by atoms with van der Waals surface area (Å²) in [4.78, 5) is 16.9. The van der Waals surface area contributed by atoms with Crippen molar-refractivity contribution in [3.05, 3.63) is 59.1 Å². The molecule has 0 aromatic heterocycles. The molecule has 0 atom stereocenters. The van der Waals surface area contributed by atoms with Crippen molar-refractivity contribution >= 4 is 38.9 Å². The van der Waals surface area contributed by atoms with Gasteiger partial charge in [-0.25, -0.2) is 8.42 Å². The van der Waals surface area contributed by atoms with Gasteiger partial charge >= 0.3 is 0 Å². The quantitative estimate of drug-likeness (QED) is 0.767. The van der Waals surface area contributed by atoms with E-state index in [2.05, 4.69) is 4.90 Å². The Bertz CT molecular complexity index is 970. The summed E-state index contributed by atoms with van der Waals surface area (Å²) in [6.07, 6.45) is 0.639. The number of hydrogen-bond acceptors (Lipinski definition) is 4. The first-order valence-corrected chi connectivity index (χ1v) is 11.3. The van der Waals surface area contributed by atoms with Crippen molar-refractivity contribution in [2.24, 2.45) is 0 Å². The van der Waals surface area contributed by atoms with Crippen LogP contribution >= 0.6 is 11.6 Å². The molecule has 8 heteroatoms. The Morgan fingerprint density at radius 3 is 2.21 bits per heavy atom. The van der Waals surface area contributed by atoms with E-state index >= 15 is 0 Å². The highest BCUT2D eigenvalue weighted by Crippen LogP contribution is 2.25. The van der Waals surface area contributed by atoms with Crippen LogP contribution in [-0.4, -0.2) is 57.7 Å². The fraction of sp³-hybridized carbons (Fsp3) is 0.350. The van der Waals surface area contributed by atoms with E-state index in [1.165, 1.54) is 4.31 Å². The molecule has 2 aliphatic heterocycles. The van der Waals surface area contributed by atoms with Crippen LogP contribution in [0.4, 0.5) is 11.4 Å². The van der Waals surface area contributed by atoms with Crippen molar-refractivity contribution in [3.8, 4) is 0 Å². The number of benzene rings is 2. The number of nitrogens with zero attached hydrogens (tertiary/aromatic N) is 3. The zero-order valence-electron chi connectivity index (χ0n) is 15.4. The van der Waals surface area contributed by atoms with Crippen LogP contribution in [0.25, 0.3) is 0 Å². The lowest BCUT2D eigenvalue weighted by molar-refractivity contribution is 0.0747. The molecule has 2 heterocycles. The predicted octanol–water partition coefficient (Wildman–Crippen LogP) is 2.84. The van der Waals surface area contributed by atoms with Crippen molar-refractivity contribution in [2.45, 2.75) is 6.42 Å². The molecular weight excluding hydrogens is 398 g/mol. The standard InChI is InChI=1S/C20H22ClN3O3S/c21-17-3-1-4-19(15-17)22-10-12-23(13-11-22)20(25)16-5-7-18(8-6-16)24-9-2-14-28(24,26)27/h1,3-8,15H,2,9-14H2. The van der Waals surface area contributed by atoms with Gasteiger partial charge in [0.15, 0.2) is 0 Å². The minimum atomic E-state index is -3.21. The lowest BCUT2D eigenvalue weighted by Crippen LogP contribution is -2.48. The van der Waals surface area contributed by atoms with Crippen LogP contribution in [0.1, 0.15) is 16.8 Å². The summed E-state index contributed by atoms with van der Waals surface area (Å²) in [6.45, 7) is 3.26. The number of anilines is 2. The molecule has 28 heavy (non-hydrogen) atoms. The smallest absolute Gasteiger partial charge is 0.253 e. The average molecular weight is 420 g/mol. The van der Waals surface area contributed by atoms with E-state index in [4.69, 9.17) is 11.6 Å². The van der Waals surface area contributed by atoms with Crippen LogP contribution in [-0.2, 0) is 10.0 Å². The highest BCUT2D eigenvalue weighted by atomic mass is 35.5. The second-order valence-corrected chi connectivity index (χ2v) is 9.50. The normalized spacial score (nSPS) is 19.1. The first-order chi connectivity index (χ1) is 13.4. The van der Waals surface area contributed by atoms with Gasteiger partial charge in [0.2, 0.25) is 10.0 Å². The molecule has 0 N–H and O–H groups in total. The molecule has 2 fully saturated rings. The third kappa shape index (κ3) is 3.82. The molecule has 0 bridgehead atoms. The van der Waals surface area contributed by atoms with Crippen LogP contribution in [0, 0.1) is 0 Å². The lowest BCUT2D eigenvalue weighted by atomic mass is 10.1. The highest BCUT2D eigenvalue weighted by molar-refractivity contribution is 7.93. The van der Waals surface area contributed by atoms with Crippen LogP contribution in [0.2, 0.25) is 5.02 Å². The number of sulfonamides is 1. The van der Waals surface area contributed by atoms with Gasteiger partial charge in [0.25, 0.3) is 5.91 Å². The van der Waals surface area contributed by atoms with Crippen molar-refractivity contribution in [1.29, 1.82) is 0 Å². The Hall–Kier alpha value is -2.25. The van der Waals surface area contributed by atoms with Gasteiger partial charge in [-0.15, -0.1) is 0 Å². The van der Waals surface area contributed by atoms with Gasteiger partial charge in [0.05, 0.1) is 11.4 Å². The van der Waals surface area contributed by atoms with Crippen molar-refractivity contribution in [3.63, 3.8) is 0 Å². The number of hydrogen-bond donors (Lipinski definition) is 0. The second-order valence-electron chi connectivity index (χ2n) is 7.05. The molecule has 0 unspecified atom stereocenters. The summed E-state index contributed by atoms with van der Waals surface area (Å²) < 4.78 is 25.5. The summed E-state index contributed by atoms with van der Waals surface area (Å²) in [5, 5.41) is 0.705. The topological polar surface area (TPSA) is 60.9 Å². The Morgan fingerprint density at radius 1 is 0.893 bits per heavy atom. The lowest BCUT2D eigenvalue weighted by Gasteiger charge is -2.36. The molecule has 2 saturated heterocycles. The predicted molar refractivity (Wildman–Crippen MR) is 112 cm³/mol. The molecule has 2 aromatic rings. The van der Waals surface area contributed by atoms with Gasteiger partial charge in [-0.2, -0.15) is 0 Å². The maximum absolute atomic E-state index is 12.8. The van der Waals surface area contributed by atoms with Gasteiger partial charge in [-0.05, 0) is 48.9 Å². The zero-order chi connectivity index (χ0) is 19.7. The second kappa shape index (κ2) is 7.64. The molecule has 148 valence electrons. The average Bonchev–Trinajstić information content (AvgIpc) is 3.07. The van der Waals surface area contributed by atoms with E-state index in [0.29, 0.717) is 42.3 Å². The third-order valence-electron chi connectivity index (χ3n) is 5.24. The number of halogens is 1. The zero-order valence-corrected chi connectivity index (χ0v) is 17.0. The number of piperazine rings is 1. The maximum Gasteiger partial charge on any atom is 0.253 e. The molecule has 6 nitrogen and oxygen atoms in total. The van der Waals surface area contributed by atoms with E-state index in [9.17, 15) is 13.2 Å². The molecule has 2 aromatic carbocycles. The summed E-state index contributed by atoms with van der Waals surface area (Å²) in [5.41, 5.74) is 2.27. The van der Waals surface area contributed by atoms with Crippen LogP contribution in [0.3, 0.4) is 0 Å². The van der Waals surface area contributed by atoms with Crippen molar-refractivity contribution in [1.82, 2.24) is 4.90 Å². The molecule has 4 rings (SSSR count). The van der Waals surface area contributed by atoms with Gasteiger partial charge in [-0.3, -0.25) is 9.10 Å². The van der Waals surface area contributed by atoms with Gasteiger partial charge in [-0.1, -0.05) is 17.7 Å². The number of rotatable bonds is 3. The van der Waals surface area contributed by atoms with Crippen LogP contribution in [0.15, 0.2) is 48.5 Å². The summed E-state index contributed by atoms with van der Waals surface area (Å²) in [7, 11) is -3.21. The third-order valence-corrected chi connectivity index (χ3v) is 7.35. The van der Waals surface area contributed by atoms with Crippen LogP contribution < -0.4 is 9.21 Å². The first-order valence-electron chi connectivity index (χ1n) is 9.34. The molecule has 0 spiro atoms. The Morgan fingerprint density at radius 2 is 1.61 bits per heavy atom. The number of amides is 1. The minimum Gasteiger partial charge on any atom is -0.368 e. The molecular formula is C20H22ClN3O3S. The molecule has 0 radical (unpaired) electrons. The van der Waals surface area contributed by atoms with E-state index in [1.54, 1.807) is 24.3 Å². The summed E-state index contributed by atoms with van der Waals surface area (Å²) >= 11 is 6.07. The van der Waals surface area contributed by atoms with E-state index in [1.807, 2.05) is 29.2 Å². The SMILES string of the molecule is O=C(c1ccc(N2CCCS2(=O)=O)cc1)N1CCN(c2cccc(Cl)c2)CC1. The van der Waals surface area contributed by atoms with E-state index in [0.717, 1.165) is 18.8 Å². The molecule has 1 amide bonds. The number of carbonyl (C=O) groups is 1. The number of carbonyl (C=O) groups excluding carboxylic acids is 1. The largest absolute Gasteiger partial charge is 0.368 e. The first kappa shape index (κ1) is 19.1. The van der Waals surface area contributed by atoms with E-state index in [-0.39, 0.29) is 11.7 Å². The Labute approximate surface area is 170 Å². The molecule has 0 saturated carbocycles. The summed E-state index contributed by atoms with van der Waals surface area (Å²) in [6, 6.07) is 14.6. The van der Waals surface area contributed by atoms with Gasteiger partial charge < -0.3 is 9.80 Å². The van der Waals surface area contributed by atoms with Gasteiger partial charge in [0, 0.05) is 49.0 Å². The van der Waals surface area contributed by atoms with Crippen molar-refractivity contribution < 1.29 is 13.2 Å². The molecule has 2 aliphatic rings. The maximum atomic E-state index is 12.8.